The Morgan fingerprint density at radius 2 is 2.17 bits per heavy atom. The number of halogens is 2. The summed E-state index contributed by atoms with van der Waals surface area (Å²) in [6.45, 7) is 4.65. The standard InChI is InChI=1S/C14H19BrFNO/c1-10(13-3-2-12(15)8-14(13)16)17-9-11-4-6-18-7-5-11/h2-3,8,10-11,17H,4-7,9H2,1H3. The quantitative estimate of drug-likeness (QED) is 0.915. The van der Waals surface area contributed by atoms with Gasteiger partial charge in [0.05, 0.1) is 0 Å². The summed E-state index contributed by atoms with van der Waals surface area (Å²) >= 11 is 3.27. The summed E-state index contributed by atoms with van der Waals surface area (Å²) in [5, 5.41) is 3.42. The first-order valence-corrected chi connectivity index (χ1v) is 7.22. The molecule has 0 spiro atoms. The Kier molecular flexibility index (Phi) is 5.15. The summed E-state index contributed by atoms with van der Waals surface area (Å²) in [6.07, 6.45) is 2.20. The Balaban J connectivity index is 1.88. The molecular formula is C14H19BrFNO. The number of nitrogens with one attached hydrogen (secondary N) is 1. The van der Waals surface area contributed by atoms with Gasteiger partial charge in [-0.2, -0.15) is 0 Å². The van der Waals surface area contributed by atoms with Crippen molar-refractivity contribution in [1.82, 2.24) is 5.32 Å². The minimum atomic E-state index is -0.156. The lowest BCUT2D eigenvalue weighted by atomic mass is 9.99. The first-order valence-electron chi connectivity index (χ1n) is 6.43. The van der Waals surface area contributed by atoms with Crippen molar-refractivity contribution in [2.75, 3.05) is 19.8 Å². The van der Waals surface area contributed by atoms with Gasteiger partial charge in [0.15, 0.2) is 0 Å². The fourth-order valence-electron chi connectivity index (χ4n) is 2.26. The van der Waals surface area contributed by atoms with E-state index in [1.54, 1.807) is 0 Å². The zero-order chi connectivity index (χ0) is 13.0. The monoisotopic (exact) mass is 315 g/mol. The topological polar surface area (TPSA) is 21.3 Å². The van der Waals surface area contributed by atoms with Crippen LogP contribution in [0.2, 0.25) is 0 Å². The highest BCUT2D eigenvalue weighted by Gasteiger charge is 2.16. The molecule has 1 heterocycles. The molecule has 0 amide bonds. The molecule has 2 rings (SSSR count). The molecule has 18 heavy (non-hydrogen) atoms. The van der Waals surface area contributed by atoms with Crippen molar-refractivity contribution in [2.24, 2.45) is 5.92 Å². The molecule has 0 bridgehead atoms. The molecule has 1 aromatic rings. The van der Waals surface area contributed by atoms with Crippen LogP contribution in [-0.4, -0.2) is 19.8 Å². The summed E-state index contributed by atoms with van der Waals surface area (Å²) < 4.78 is 19.9. The van der Waals surface area contributed by atoms with Crippen LogP contribution in [0, 0.1) is 11.7 Å². The fourth-order valence-corrected chi connectivity index (χ4v) is 2.59. The minimum absolute atomic E-state index is 0.0425. The van der Waals surface area contributed by atoms with E-state index in [4.69, 9.17) is 4.74 Å². The summed E-state index contributed by atoms with van der Waals surface area (Å²) in [7, 11) is 0. The molecule has 1 aliphatic rings. The van der Waals surface area contributed by atoms with Gasteiger partial charge in [-0.3, -0.25) is 0 Å². The van der Waals surface area contributed by atoms with E-state index in [0.717, 1.165) is 42.6 Å². The molecule has 1 N–H and O–H groups in total. The molecule has 0 aromatic heterocycles. The molecule has 100 valence electrons. The second-order valence-corrected chi connectivity index (χ2v) is 5.77. The number of rotatable bonds is 4. The molecule has 0 radical (unpaired) electrons. The SMILES string of the molecule is CC(NCC1CCOCC1)c1ccc(Br)cc1F. The maximum atomic E-state index is 13.8. The van der Waals surface area contributed by atoms with Crippen molar-refractivity contribution in [3.63, 3.8) is 0 Å². The highest BCUT2D eigenvalue weighted by atomic mass is 79.9. The van der Waals surface area contributed by atoms with Gasteiger partial charge in [0.1, 0.15) is 5.82 Å². The largest absolute Gasteiger partial charge is 0.381 e. The molecule has 4 heteroatoms. The van der Waals surface area contributed by atoms with Gasteiger partial charge in [0, 0.05) is 29.3 Å². The number of hydrogen-bond acceptors (Lipinski definition) is 2. The minimum Gasteiger partial charge on any atom is -0.381 e. The predicted molar refractivity (Wildman–Crippen MR) is 74.1 cm³/mol. The molecule has 2 nitrogen and oxygen atoms in total. The lowest BCUT2D eigenvalue weighted by Crippen LogP contribution is -2.29. The van der Waals surface area contributed by atoms with Crippen LogP contribution in [0.4, 0.5) is 4.39 Å². The molecule has 1 aromatic carbocycles. The van der Waals surface area contributed by atoms with E-state index >= 15 is 0 Å². The number of benzene rings is 1. The van der Waals surface area contributed by atoms with Crippen molar-refractivity contribution in [2.45, 2.75) is 25.8 Å². The Morgan fingerprint density at radius 3 is 2.83 bits per heavy atom. The summed E-state index contributed by atoms with van der Waals surface area (Å²) in [5.41, 5.74) is 0.727. The number of hydrogen-bond donors (Lipinski definition) is 1. The van der Waals surface area contributed by atoms with Crippen molar-refractivity contribution in [3.05, 3.63) is 34.1 Å². The van der Waals surface area contributed by atoms with Crippen molar-refractivity contribution < 1.29 is 9.13 Å². The van der Waals surface area contributed by atoms with Gasteiger partial charge in [-0.05, 0) is 44.4 Å². The van der Waals surface area contributed by atoms with Crippen LogP contribution in [-0.2, 0) is 4.74 Å². The van der Waals surface area contributed by atoms with E-state index in [9.17, 15) is 4.39 Å². The van der Waals surface area contributed by atoms with Gasteiger partial charge in [-0.25, -0.2) is 4.39 Å². The van der Waals surface area contributed by atoms with E-state index in [-0.39, 0.29) is 11.9 Å². The van der Waals surface area contributed by atoms with E-state index in [2.05, 4.69) is 21.2 Å². The zero-order valence-corrected chi connectivity index (χ0v) is 12.2. The molecule has 1 aliphatic heterocycles. The average Bonchev–Trinajstić information content (AvgIpc) is 2.37. The van der Waals surface area contributed by atoms with E-state index in [1.165, 1.54) is 6.07 Å². The van der Waals surface area contributed by atoms with Crippen molar-refractivity contribution >= 4 is 15.9 Å². The van der Waals surface area contributed by atoms with Crippen molar-refractivity contribution in [3.8, 4) is 0 Å². The van der Waals surface area contributed by atoms with Crippen LogP contribution in [0.15, 0.2) is 22.7 Å². The Morgan fingerprint density at radius 1 is 1.44 bits per heavy atom. The van der Waals surface area contributed by atoms with Crippen LogP contribution in [0.1, 0.15) is 31.4 Å². The molecule has 1 fully saturated rings. The Labute approximate surface area is 116 Å². The second kappa shape index (κ2) is 6.64. The highest BCUT2D eigenvalue weighted by molar-refractivity contribution is 9.10. The molecule has 0 aliphatic carbocycles. The first kappa shape index (κ1) is 14.0. The maximum absolute atomic E-state index is 13.8. The third-order valence-corrected chi connectivity index (χ3v) is 3.98. The Hall–Kier alpha value is -0.450. The second-order valence-electron chi connectivity index (χ2n) is 4.85. The first-order chi connectivity index (χ1) is 8.66. The summed E-state index contributed by atoms with van der Waals surface area (Å²) in [6, 6.07) is 5.27. The lowest BCUT2D eigenvalue weighted by molar-refractivity contribution is 0.0656. The van der Waals surface area contributed by atoms with Gasteiger partial charge < -0.3 is 10.1 Å². The predicted octanol–water partition coefficient (Wildman–Crippen LogP) is 3.67. The number of ether oxygens (including phenoxy) is 1. The zero-order valence-electron chi connectivity index (χ0n) is 10.6. The fraction of sp³-hybridized carbons (Fsp3) is 0.571. The van der Waals surface area contributed by atoms with Gasteiger partial charge >= 0.3 is 0 Å². The smallest absolute Gasteiger partial charge is 0.129 e. The average molecular weight is 316 g/mol. The van der Waals surface area contributed by atoms with Crippen LogP contribution >= 0.6 is 15.9 Å². The van der Waals surface area contributed by atoms with E-state index in [1.807, 2.05) is 19.1 Å². The maximum Gasteiger partial charge on any atom is 0.129 e. The third-order valence-electron chi connectivity index (χ3n) is 3.48. The van der Waals surface area contributed by atoms with E-state index < -0.39 is 0 Å². The van der Waals surface area contributed by atoms with Crippen LogP contribution in [0.3, 0.4) is 0 Å². The van der Waals surface area contributed by atoms with Gasteiger partial charge in [0.25, 0.3) is 0 Å². The summed E-state index contributed by atoms with van der Waals surface area (Å²) in [4.78, 5) is 0. The van der Waals surface area contributed by atoms with E-state index in [0.29, 0.717) is 5.92 Å². The van der Waals surface area contributed by atoms with Crippen LogP contribution in [0.25, 0.3) is 0 Å². The van der Waals surface area contributed by atoms with Gasteiger partial charge in [-0.1, -0.05) is 22.0 Å². The molecule has 1 atom stereocenters. The Bertz CT molecular complexity index is 393. The van der Waals surface area contributed by atoms with Crippen molar-refractivity contribution in [1.29, 1.82) is 0 Å². The molecule has 1 unspecified atom stereocenters. The lowest BCUT2D eigenvalue weighted by Gasteiger charge is -2.24. The summed E-state index contributed by atoms with van der Waals surface area (Å²) in [5.74, 6) is 0.496. The van der Waals surface area contributed by atoms with Crippen LogP contribution < -0.4 is 5.32 Å². The highest BCUT2D eigenvalue weighted by Crippen LogP contribution is 2.22. The molecular weight excluding hydrogens is 297 g/mol. The molecule has 0 saturated carbocycles. The van der Waals surface area contributed by atoms with Gasteiger partial charge in [-0.15, -0.1) is 0 Å². The molecule has 1 saturated heterocycles. The third kappa shape index (κ3) is 3.77. The van der Waals surface area contributed by atoms with Gasteiger partial charge in [0.2, 0.25) is 0 Å². The van der Waals surface area contributed by atoms with Crippen LogP contribution in [0.5, 0.6) is 0 Å². The normalized spacial score (nSPS) is 18.8.